The Hall–Kier alpha value is -2.77. The molecule has 0 unspecified atom stereocenters. The highest BCUT2D eigenvalue weighted by molar-refractivity contribution is 5.73. The highest BCUT2D eigenvalue weighted by Gasteiger charge is 2.31. The molecule has 22 heavy (non-hydrogen) atoms. The molecule has 2 rings (SSSR count). The molecule has 116 valence electrons. The number of nitrogens with zero attached hydrogens (tertiary/aromatic N) is 1. The quantitative estimate of drug-likeness (QED) is 0.628. The zero-order valence-corrected chi connectivity index (χ0v) is 11.3. The summed E-state index contributed by atoms with van der Waals surface area (Å²) in [4.78, 5) is 10.2. The number of hydrogen-bond donors (Lipinski definition) is 0. The number of non-ortho nitro benzene ring substituents is 1. The first-order valence-corrected chi connectivity index (χ1v) is 5.99. The first-order valence-electron chi connectivity index (χ1n) is 5.99. The molecule has 0 aliphatic heterocycles. The van der Waals surface area contributed by atoms with Crippen LogP contribution in [0.15, 0.2) is 42.5 Å². The molecule has 0 amide bonds. The van der Waals surface area contributed by atoms with Crippen molar-refractivity contribution < 1.29 is 27.6 Å². The maximum absolute atomic E-state index is 12.1. The molecule has 5 nitrogen and oxygen atoms in total. The summed E-state index contributed by atoms with van der Waals surface area (Å²) in [6.07, 6.45) is -4.77. The number of nitro groups is 1. The van der Waals surface area contributed by atoms with Crippen molar-refractivity contribution in [1.82, 2.24) is 0 Å². The second kappa shape index (κ2) is 5.92. The summed E-state index contributed by atoms with van der Waals surface area (Å²) >= 11 is 0. The fraction of sp³-hybridized carbons (Fsp3) is 0.143. The summed E-state index contributed by atoms with van der Waals surface area (Å²) in [5.74, 6) is -0.00395. The van der Waals surface area contributed by atoms with Crippen molar-refractivity contribution in [2.24, 2.45) is 0 Å². The first kappa shape index (κ1) is 15.6. The molecule has 0 bridgehead atoms. The van der Waals surface area contributed by atoms with Gasteiger partial charge in [0.25, 0.3) is 5.69 Å². The lowest BCUT2D eigenvalue weighted by molar-refractivity contribution is -0.384. The monoisotopic (exact) mass is 313 g/mol. The van der Waals surface area contributed by atoms with Gasteiger partial charge in [0.2, 0.25) is 0 Å². The molecule has 0 aliphatic rings. The van der Waals surface area contributed by atoms with Crippen LogP contribution in [0.5, 0.6) is 11.5 Å². The molecule has 0 saturated carbocycles. The summed E-state index contributed by atoms with van der Waals surface area (Å²) in [5, 5.41) is 10.8. The number of hydrogen-bond acceptors (Lipinski definition) is 4. The van der Waals surface area contributed by atoms with Gasteiger partial charge in [-0.3, -0.25) is 10.1 Å². The van der Waals surface area contributed by atoms with Crippen molar-refractivity contribution in [3.63, 3.8) is 0 Å². The third kappa shape index (κ3) is 3.66. The molecule has 0 spiro atoms. The van der Waals surface area contributed by atoms with E-state index in [9.17, 15) is 23.3 Å². The van der Waals surface area contributed by atoms with Crippen LogP contribution in [0.3, 0.4) is 0 Å². The van der Waals surface area contributed by atoms with E-state index in [2.05, 4.69) is 4.74 Å². The Morgan fingerprint density at radius 1 is 1.09 bits per heavy atom. The number of methoxy groups -OCH3 is 1. The minimum absolute atomic E-state index is 0.147. The van der Waals surface area contributed by atoms with E-state index in [0.717, 1.165) is 12.1 Å². The predicted octanol–water partition coefficient (Wildman–Crippen LogP) is 4.17. The zero-order chi connectivity index (χ0) is 16.3. The van der Waals surface area contributed by atoms with Crippen LogP contribution < -0.4 is 9.47 Å². The SMILES string of the molecule is COc1ccc([N+](=O)[O-])cc1-c1ccc(OC(F)(F)F)cc1. The van der Waals surface area contributed by atoms with Gasteiger partial charge >= 0.3 is 6.36 Å². The Labute approximate surface area is 123 Å². The van der Waals surface area contributed by atoms with E-state index in [0.29, 0.717) is 16.9 Å². The van der Waals surface area contributed by atoms with Crippen LogP contribution in [-0.4, -0.2) is 18.4 Å². The van der Waals surface area contributed by atoms with Gasteiger partial charge < -0.3 is 9.47 Å². The molecule has 0 aromatic heterocycles. The van der Waals surface area contributed by atoms with Gasteiger partial charge in [-0.15, -0.1) is 13.2 Å². The van der Waals surface area contributed by atoms with Crippen molar-refractivity contribution in [1.29, 1.82) is 0 Å². The second-order valence-corrected chi connectivity index (χ2v) is 4.21. The van der Waals surface area contributed by atoms with Crippen LogP contribution in [0.1, 0.15) is 0 Å². The largest absolute Gasteiger partial charge is 0.573 e. The van der Waals surface area contributed by atoms with Crippen molar-refractivity contribution in [2.75, 3.05) is 7.11 Å². The van der Waals surface area contributed by atoms with E-state index in [4.69, 9.17) is 4.74 Å². The maximum atomic E-state index is 12.1. The number of rotatable bonds is 4. The van der Waals surface area contributed by atoms with Gasteiger partial charge in [0, 0.05) is 17.7 Å². The minimum Gasteiger partial charge on any atom is -0.496 e. The highest BCUT2D eigenvalue weighted by Crippen LogP contribution is 2.34. The van der Waals surface area contributed by atoms with Crippen LogP contribution in [0.4, 0.5) is 18.9 Å². The van der Waals surface area contributed by atoms with Crippen LogP contribution >= 0.6 is 0 Å². The summed E-state index contributed by atoms with van der Waals surface area (Å²) in [5.41, 5.74) is 0.719. The summed E-state index contributed by atoms with van der Waals surface area (Å²) in [6.45, 7) is 0. The van der Waals surface area contributed by atoms with E-state index in [-0.39, 0.29) is 11.4 Å². The lowest BCUT2D eigenvalue weighted by Crippen LogP contribution is -2.16. The van der Waals surface area contributed by atoms with E-state index < -0.39 is 11.3 Å². The van der Waals surface area contributed by atoms with Gasteiger partial charge in [0.1, 0.15) is 11.5 Å². The molecule has 2 aromatic rings. The molecule has 0 saturated heterocycles. The summed E-state index contributed by atoms with van der Waals surface area (Å²) < 4.78 is 45.2. The molecular formula is C14H10F3NO4. The standard InChI is InChI=1S/C14H10F3NO4/c1-21-13-7-4-10(18(19)20)8-12(13)9-2-5-11(6-3-9)22-14(15,16)17/h2-8H,1H3. The molecule has 0 N–H and O–H groups in total. The van der Waals surface area contributed by atoms with Crippen LogP contribution in [0.25, 0.3) is 11.1 Å². The number of alkyl halides is 3. The Morgan fingerprint density at radius 3 is 2.23 bits per heavy atom. The fourth-order valence-electron chi connectivity index (χ4n) is 1.87. The topological polar surface area (TPSA) is 61.6 Å². The molecular weight excluding hydrogens is 303 g/mol. The number of halogens is 3. The molecule has 0 heterocycles. The molecule has 0 radical (unpaired) electrons. The first-order chi connectivity index (χ1) is 10.3. The lowest BCUT2D eigenvalue weighted by atomic mass is 10.0. The highest BCUT2D eigenvalue weighted by atomic mass is 19.4. The van der Waals surface area contributed by atoms with Gasteiger partial charge in [0.05, 0.1) is 12.0 Å². The third-order valence-corrected chi connectivity index (χ3v) is 2.79. The van der Waals surface area contributed by atoms with Crippen LogP contribution in [0, 0.1) is 10.1 Å². The smallest absolute Gasteiger partial charge is 0.496 e. The normalized spacial score (nSPS) is 11.1. The van der Waals surface area contributed by atoms with E-state index in [1.807, 2.05) is 0 Å². The zero-order valence-electron chi connectivity index (χ0n) is 11.3. The molecule has 0 aliphatic carbocycles. The lowest BCUT2D eigenvalue weighted by Gasteiger charge is -2.11. The van der Waals surface area contributed by atoms with E-state index >= 15 is 0 Å². The average Bonchev–Trinajstić information content (AvgIpc) is 2.45. The summed E-state index contributed by atoms with van der Waals surface area (Å²) in [6, 6.07) is 8.98. The molecule has 0 atom stereocenters. The molecule has 0 fully saturated rings. The number of nitro benzene ring substituents is 1. The van der Waals surface area contributed by atoms with Crippen molar-refractivity contribution in [3.05, 3.63) is 52.6 Å². The molecule has 8 heteroatoms. The van der Waals surface area contributed by atoms with E-state index in [1.54, 1.807) is 0 Å². The molecule has 2 aromatic carbocycles. The van der Waals surface area contributed by atoms with Crippen molar-refractivity contribution >= 4 is 5.69 Å². The van der Waals surface area contributed by atoms with Gasteiger partial charge in [0.15, 0.2) is 0 Å². The average molecular weight is 313 g/mol. The van der Waals surface area contributed by atoms with Gasteiger partial charge in [-0.1, -0.05) is 12.1 Å². The van der Waals surface area contributed by atoms with Crippen molar-refractivity contribution in [3.8, 4) is 22.6 Å². The second-order valence-electron chi connectivity index (χ2n) is 4.21. The van der Waals surface area contributed by atoms with Gasteiger partial charge in [-0.2, -0.15) is 0 Å². The van der Waals surface area contributed by atoms with Crippen LogP contribution in [-0.2, 0) is 0 Å². The fourth-order valence-corrected chi connectivity index (χ4v) is 1.87. The Bertz CT molecular complexity index is 683. The third-order valence-electron chi connectivity index (χ3n) is 2.79. The Balaban J connectivity index is 2.38. The number of ether oxygens (including phenoxy) is 2. The van der Waals surface area contributed by atoms with E-state index in [1.165, 1.54) is 37.4 Å². The number of benzene rings is 2. The van der Waals surface area contributed by atoms with Crippen LogP contribution in [0.2, 0.25) is 0 Å². The predicted molar refractivity (Wildman–Crippen MR) is 71.8 cm³/mol. The maximum Gasteiger partial charge on any atom is 0.573 e. The minimum atomic E-state index is -4.77. The van der Waals surface area contributed by atoms with Crippen molar-refractivity contribution in [2.45, 2.75) is 6.36 Å². The summed E-state index contributed by atoms with van der Waals surface area (Å²) in [7, 11) is 1.39. The van der Waals surface area contributed by atoms with Gasteiger partial charge in [-0.05, 0) is 23.8 Å². The Kier molecular flexibility index (Phi) is 4.20. The Morgan fingerprint density at radius 2 is 1.73 bits per heavy atom. The van der Waals surface area contributed by atoms with Gasteiger partial charge in [-0.25, -0.2) is 0 Å².